The SMILES string of the molecule is O=C(O)/C(=C\c1ccc(OCCn2c(=O)sc3cc(C(=O)c4ccccc4)ccc32)cc1)C(=O)c1ccccc1. The number of carbonyl (C=O) groups is 3. The first-order chi connectivity index (χ1) is 19.4. The average molecular weight is 550 g/mol. The number of aromatic nitrogens is 1. The van der Waals surface area contributed by atoms with E-state index in [4.69, 9.17) is 4.74 Å². The monoisotopic (exact) mass is 549 g/mol. The van der Waals surface area contributed by atoms with E-state index < -0.39 is 11.8 Å². The Hall–Kier alpha value is -5.08. The maximum absolute atomic E-state index is 12.8. The Labute approximate surface area is 233 Å². The Bertz CT molecular complexity index is 1780. The van der Waals surface area contributed by atoms with Crippen LogP contribution in [0.25, 0.3) is 16.3 Å². The van der Waals surface area contributed by atoms with E-state index in [-0.39, 0.29) is 22.8 Å². The molecule has 0 bridgehead atoms. The number of fused-ring (bicyclic) bond motifs is 1. The van der Waals surface area contributed by atoms with Gasteiger partial charge in [0.1, 0.15) is 17.9 Å². The molecule has 5 rings (SSSR count). The lowest BCUT2D eigenvalue weighted by molar-refractivity contribution is -0.132. The molecule has 0 spiro atoms. The van der Waals surface area contributed by atoms with Gasteiger partial charge >= 0.3 is 10.8 Å². The largest absolute Gasteiger partial charge is 0.492 e. The summed E-state index contributed by atoms with van der Waals surface area (Å²) in [7, 11) is 0. The smallest absolute Gasteiger partial charge is 0.339 e. The molecule has 1 aromatic heterocycles. The van der Waals surface area contributed by atoms with E-state index >= 15 is 0 Å². The summed E-state index contributed by atoms with van der Waals surface area (Å²) in [4.78, 5) is 49.6. The number of rotatable bonds is 10. The third kappa shape index (κ3) is 5.82. The van der Waals surface area contributed by atoms with E-state index in [9.17, 15) is 24.3 Å². The molecule has 7 nitrogen and oxygen atoms in total. The Kier molecular flexibility index (Phi) is 7.80. The number of benzene rings is 4. The van der Waals surface area contributed by atoms with Crippen LogP contribution in [0.1, 0.15) is 31.8 Å². The molecule has 40 heavy (non-hydrogen) atoms. The first-order valence-corrected chi connectivity index (χ1v) is 13.2. The number of carboxylic acid groups (broad SMARTS) is 1. The normalized spacial score (nSPS) is 11.3. The lowest BCUT2D eigenvalue weighted by Gasteiger charge is -2.08. The molecule has 0 saturated heterocycles. The molecule has 4 aromatic carbocycles. The highest BCUT2D eigenvalue weighted by Crippen LogP contribution is 2.22. The van der Waals surface area contributed by atoms with Crippen molar-refractivity contribution in [3.05, 3.63) is 141 Å². The highest BCUT2D eigenvalue weighted by atomic mass is 32.1. The van der Waals surface area contributed by atoms with Crippen LogP contribution in [-0.4, -0.2) is 33.8 Å². The van der Waals surface area contributed by atoms with Gasteiger partial charge in [-0.15, -0.1) is 0 Å². The lowest BCUT2D eigenvalue weighted by Crippen LogP contribution is -2.17. The van der Waals surface area contributed by atoms with Gasteiger partial charge in [0.25, 0.3) is 0 Å². The number of thiazole rings is 1. The fourth-order valence-corrected chi connectivity index (χ4v) is 5.18. The molecule has 0 aliphatic carbocycles. The number of hydrogen-bond acceptors (Lipinski definition) is 6. The summed E-state index contributed by atoms with van der Waals surface area (Å²) in [5.41, 5.74) is 2.34. The Morgan fingerprint density at radius 1 is 0.800 bits per heavy atom. The second-order valence-corrected chi connectivity index (χ2v) is 9.87. The van der Waals surface area contributed by atoms with Gasteiger partial charge in [0.15, 0.2) is 11.6 Å². The predicted molar refractivity (Wildman–Crippen MR) is 154 cm³/mol. The topological polar surface area (TPSA) is 103 Å². The van der Waals surface area contributed by atoms with Crippen molar-refractivity contribution >= 4 is 45.2 Å². The zero-order chi connectivity index (χ0) is 28.1. The maximum Gasteiger partial charge on any atom is 0.339 e. The van der Waals surface area contributed by atoms with Gasteiger partial charge < -0.3 is 9.84 Å². The molecule has 5 aromatic rings. The average Bonchev–Trinajstić information content (AvgIpc) is 3.30. The van der Waals surface area contributed by atoms with E-state index in [0.717, 1.165) is 21.6 Å². The summed E-state index contributed by atoms with van der Waals surface area (Å²) in [5.74, 6) is -1.44. The maximum atomic E-state index is 12.8. The van der Waals surface area contributed by atoms with E-state index in [1.807, 2.05) is 18.2 Å². The fourth-order valence-electron chi connectivity index (χ4n) is 4.23. The molecular weight excluding hydrogens is 526 g/mol. The number of carbonyl (C=O) groups excluding carboxylic acids is 2. The summed E-state index contributed by atoms with van der Waals surface area (Å²) in [6, 6.07) is 29.2. The molecule has 0 aliphatic rings. The first kappa shape index (κ1) is 26.5. The molecule has 8 heteroatoms. The molecular formula is C32H23NO6S. The second kappa shape index (κ2) is 11.8. The Morgan fingerprint density at radius 2 is 1.45 bits per heavy atom. The quantitative estimate of drug-likeness (QED) is 0.103. The molecule has 0 aliphatic heterocycles. The zero-order valence-electron chi connectivity index (χ0n) is 21.2. The van der Waals surface area contributed by atoms with Crippen LogP contribution in [0, 0.1) is 0 Å². The van der Waals surface area contributed by atoms with Crippen LogP contribution < -0.4 is 9.61 Å². The van der Waals surface area contributed by atoms with Gasteiger partial charge in [0, 0.05) is 16.7 Å². The molecule has 1 N–H and O–H groups in total. The second-order valence-electron chi connectivity index (χ2n) is 8.87. The van der Waals surface area contributed by atoms with E-state index in [0.29, 0.717) is 34.5 Å². The molecule has 198 valence electrons. The molecule has 0 amide bonds. The summed E-state index contributed by atoms with van der Waals surface area (Å²) in [6.45, 7) is 0.527. The van der Waals surface area contributed by atoms with Crippen molar-refractivity contribution in [1.82, 2.24) is 4.57 Å². The van der Waals surface area contributed by atoms with Crippen molar-refractivity contribution in [2.75, 3.05) is 6.61 Å². The van der Waals surface area contributed by atoms with Crippen LogP contribution in [0.4, 0.5) is 0 Å². The summed E-state index contributed by atoms with van der Waals surface area (Å²) in [5, 5.41) is 9.56. The lowest BCUT2D eigenvalue weighted by atomic mass is 10.0. The van der Waals surface area contributed by atoms with Gasteiger partial charge in [-0.05, 0) is 42.0 Å². The standard InChI is InChI=1S/C32H23NO6S/c34-29(22-7-3-1-4-8-22)24-13-16-27-28(20-24)40-32(38)33(27)17-18-39-25-14-11-21(12-15-25)19-26(31(36)37)30(35)23-9-5-2-6-10-23/h1-16,19-20H,17-18H2,(H,36,37)/b26-19-. The minimum absolute atomic E-state index is 0.101. The Balaban J connectivity index is 1.25. The van der Waals surface area contributed by atoms with Gasteiger partial charge in [0.2, 0.25) is 0 Å². The van der Waals surface area contributed by atoms with Crippen LogP contribution in [-0.2, 0) is 11.3 Å². The van der Waals surface area contributed by atoms with E-state index in [2.05, 4.69) is 0 Å². The number of Topliss-reactive ketones (excluding diaryl/α,β-unsaturated/α-hetero) is 1. The van der Waals surface area contributed by atoms with Crippen molar-refractivity contribution in [2.24, 2.45) is 0 Å². The van der Waals surface area contributed by atoms with Crippen LogP contribution >= 0.6 is 11.3 Å². The number of carboxylic acids is 1. The molecule has 0 saturated carbocycles. The number of ether oxygens (including phenoxy) is 1. The molecule has 0 atom stereocenters. The van der Waals surface area contributed by atoms with Crippen LogP contribution in [0.5, 0.6) is 5.75 Å². The molecule has 0 unspecified atom stereocenters. The van der Waals surface area contributed by atoms with Crippen molar-refractivity contribution in [2.45, 2.75) is 6.54 Å². The number of aliphatic carboxylic acids is 1. The number of ketones is 2. The zero-order valence-corrected chi connectivity index (χ0v) is 22.0. The summed E-state index contributed by atoms with van der Waals surface area (Å²) >= 11 is 1.08. The van der Waals surface area contributed by atoms with Gasteiger partial charge in [-0.3, -0.25) is 19.0 Å². The predicted octanol–water partition coefficient (Wildman–Crippen LogP) is 5.72. The van der Waals surface area contributed by atoms with Gasteiger partial charge in [-0.1, -0.05) is 84.1 Å². The first-order valence-electron chi connectivity index (χ1n) is 12.4. The van der Waals surface area contributed by atoms with Gasteiger partial charge in [0.05, 0.1) is 16.8 Å². The van der Waals surface area contributed by atoms with Crippen LogP contribution in [0.2, 0.25) is 0 Å². The highest BCUT2D eigenvalue weighted by Gasteiger charge is 2.19. The third-order valence-electron chi connectivity index (χ3n) is 6.25. The number of hydrogen-bond donors (Lipinski definition) is 1. The van der Waals surface area contributed by atoms with E-state index in [1.165, 1.54) is 6.08 Å². The third-order valence-corrected chi connectivity index (χ3v) is 7.19. The summed E-state index contributed by atoms with van der Waals surface area (Å²) < 4.78 is 8.15. The number of nitrogens with zero attached hydrogens (tertiary/aromatic N) is 1. The highest BCUT2D eigenvalue weighted by molar-refractivity contribution is 7.16. The molecule has 0 radical (unpaired) electrons. The van der Waals surface area contributed by atoms with Crippen molar-refractivity contribution in [3.63, 3.8) is 0 Å². The van der Waals surface area contributed by atoms with Gasteiger partial charge in [-0.2, -0.15) is 0 Å². The molecule has 0 fully saturated rings. The Morgan fingerprint density at radius 3 is 2.10 bits per heavy atom. The van der Waals surface area contributed by atoms with Crippen LogP contribution in [0.15, 0.2) is 113 Å². The fraction of sp³-hybridized carbons (Fsp3) is 0.0625. The summed E-state index contributed by atoms with van der Waals surface area (Å²) in [6.07, 6.45) is 1.33. The van der Waals surface area contributed by atoms with Crippen molar-refractivity contribution in [3.8, 4) is 5.75 Å². The van der Waals surface area contributed by atoms with E-state index in [1.54, 1.807) is 89.5 Å². The molecule has 1 heterocycles. The van der Waals surface area contributed by atoms with Gasteiger partial charge in [-0.25, -0.2) is 4.79 Å². The van der Waals surface area contributed by atoms with Crippen LogP contribution in [0.3, 0.4) is 0 Å². The minimum atomic E-state index is -1.31. The minimum Gasteiger partial charge on any atom is -0.492 e. The van der Waals surface area contributed by atoms with Crippen molar-refractivity contribution in [1.29, 1.82) is 0 Å². The van der Waals surface area contributed by atoms with Crippen molar-refractivity contribution < 1.29 is 24.2 Å².